The zero-order chi connectivity index (χ0) is 10.6. The van der Waals surface area contributed by atoms with E-state index in [1.165, 1.54) is 19.3 Å². The van der Waals surface area contributed by atoms with E-state index in [0.717, 1.165) is 19.0 Å². The highest BCUT2D eigenvalue weighted by atomic mass is 16.4. The maximum Gasteiger partial charge on any atom is 0.332 e. The molecule has 1 fully saturated rings. The summed E-state index contributed by atoms with van der Waals surface area (Å²) in [5.74, 6) is -0.106. The van der Waals surface area contributed by atoms with Crippen molar-refractivity contribution in [2.75, 3.05) is 19.6 Å². The fraction of sp³-hybridized carbons (Fsp3) is 0.727. The van der Waals surface area contributed by atoms with Gasteiger partial charge in [0.15, 0.2) is 0 Å². The number of carboxylic acids is 1. The summed E-state index contributed by atoms with van der Waals surface area (Å²) in [5.41, 5.74) is 0.308. The van der Waals surface area contributed by atoms with Crippen molar-refractivity contribution < 1.29 is 9.90 Å². The summed E-state index contributed by atoms with van der Waals surface area (Å²) in [6, 6.07) is 0. The van der Waals surface area contributed by atoms with Crippen LogP contribution in [0.5, 0.6) is 0 Å². The molecule has 0 aromatic rings. The number of rotatable bonds is 5. The lowest BCUT2D eigenvalue weighted by molar-refractivity contribution is -0.132. The Balaban J connectivity index is 2.28. The maximum absolute atomic E-state index is 10.6. The number of nitrogens with zero attached hydrogens (tertiary/aromatic N) is 1. The predicted molar refractivity (Wildman–Crippen MR) is 56.2 cm³/mol. The van der Waals surface area contributed by atoms with E-state index in [0.29, 0.717) is 12.1 Å². The van der Waals surface area contributed by atoms with Gasteiger partial charge >= 0.3 is 5.97 Å². The lowest BCUT2D eigenvalue weighted by atomic mass is 10.0. The highest BCUT2D eigenvalue weighted by Crippen LogP contribution is 2.21. The molecule has 3 heteroatoms. The molecule has 0 amide bonds. The van der Waals surface area contributed by atoms with Crippen molar-refractivity contribution in [2.45, 2.75) is 26.2 Å². The average molecular weight is 197 g/mol. The van der Waals surface area contributed by atoms with Gasteiger partial charge in [0, 0.05) is 18.7 Å². The molecule has 0 radical (unpaired) electrons. The summed E-state index contributed by atoms with van der Waals surface area (Å²) in [6.45, 7) is 8.33. The molecule has 1 atom stereocenters. The second kappa shape index (κ2) is 5.15. The zero-order valence-electron chi connectivity index (χ0n) is 8.83. The Kier molecular flexibility index (Phi) is 4.14. The average Bonchev–Trinajstić information content (AvgIpc) is 2.53. The summed E-state index contributed by atoms with van der Waals surface area (Å²) in [4.78, 5) is 12.8. The molecule has 80 valence electrons. The summed E-state index contributed by atoms with van der Waals surface area (Å²) in [5, 5.41) is 8.69. The van der Waals surface area contributed by atoms with E-state index >= 15 is 0 Å². The molecule has 0 spiro atoms. The van der Waals surface area contributed by atoms with Crippen LogP contribution in [-0.4, -0.2) is 35.6 Å². The van der Waals surface area contributed by atoms with Crippen molar-refractivity contribution in [3.8, 4) is 0 Å². The molecule has 0 bridgehead atoms. The lowest BCUT2D eigenvalue weighted by Gasteiger charge is -2.15. The van der Waals surface area contributed by atoms with Gasteiger partial charge in [0.2, 0.25) is 0 Å². The van der Waals surface area contributed by atoms with Gasteiger partial charge in [-0.25, -0.2) is 4.79 Å². The molecule has 1 N–H and O–H groups in total. The molecule has 0 aromatic carbocycles. The highest BCUT2D eigenvalue weighted by Gasteiger charge is 2.22. The number of carboxylic acid groups (broad SMARTS) is 1. The minimum atomic E-state index is -0.871. The van der Waals surface area contributed by atoms with Crippen LogP contribution in [0.3, 0.4) is 0 Å². The monoisotopic (exact) mass is 197 g/mol. The van der Waals surface area contributed by atoms with Gasteiger partial charge in [-0.3, -0.25) is 4.90 Å². The largest absolute Gasteiger partial charge is 0.478 e. The number of hydrogen-bond donors (Lipinski definition) is 1. The molecule has 1 heterocycles. The van der Waals surface area contributed by atoms with E-state index in [-0.39, 0.29) is 0 Å². The Morgan fingerprint density at radius 1 is 1.64 bits per heavy atom. The van der Waals surface area contributed by atoms with Crippen LogP contribution in [-0.2, 0) is 4.79 Å². The Labute approximate surface area is 85.4 Å². The second-order valence-corrected chi connectivity index (χ2v) is 4.09. The van der Waals surface area contributed by atoms with Gasteiger partial charge < -0.3 is 5.11 Å². The van der Waals surface area contributed by atoms with Crippen molar-refractivity contribution in [1.29, 1.82) is 0 Å². The third kappa shape index (κ3) is 3.14. The fourth-order valence-corrected chi connectivity index (χ4v) is 2.04. The summed E-state index contributed by atoms with van der Waals surface area (Å²) in [7, 11) is 0. The summed E-state index contributed by atoms with van der Waals surface area (Å²) >= 11 is 0. The third-order valence-electron chi connectivity index (χ3n) is 2.78. The molecule has 0 aromatic heterocycles. The minimum absolute atomic E-state index is 0.308. The van der Waals surface area contributed by atoms with Crippen LogP contribution in [0.2, 0.25) is 0 Å². The minimum Gasteiger partial charge on any atom is -0.478 e. The third-order valence-corrected chi connectivity index (χ3v) is 2.78. The van der Waals surface area contributed by atoms with Crippen LogP contribution in [0, 0.1) is 5.92 Å². The Bertz CT molecular complexity index is 225. The van der Waals surface area contributed by atoms with E-state index in [1.54, 1.807) is 0 Å². The molecular formula is C11H19NO2. The molecule has 1 rings (SSSR count). The van der Waals surface area contributed by atoms with Gasteiger partial charge in [-0.15, -0.1) is 0 Å². The van der Waals surface area contributed by atoms with E-state index in [2.05, 4.69) is 18.4 Å². The van der Waals surface area contributed by atoms with Crippen LogP contribution in [0.4, 0.5) is 0 Å². The van der Waals surface area contributed by atoms with Gasteiger partial charge in [0.05, 0.1) is 0 Å². The van der Waals surface area contributed by atoms with E-state index < -0.39 is 5.97 Å². The van der Waals surface area contributed by atoms with Crippen molar-refractivity contribution in [3.63, 3.8) is 0 Å². The predicted octanol–water partition coefficient (Wildman–Crippen LogP) is 1.75. The quantitative estimate of drug-likeness (QED) is 0.683. The standard InChI is InChI=1S/C11H19NO2/c1-3-4-10-5-6-12(8-10)7-9(2)11(13)14/h10H,2-8H2,1H3,(H,13,14). The van der Waals surface area contributed by atoms with Crippen molar-refractivity contribution >= 4 is 5.97 Å². The number of carbonyl (C=O) groups is 1. The molecule has 1 aliphatic heterocycles. The molecule has 1 aliphatic rings. The Morgan fingerprint density at radius 2 is 2.36 bits per heavy atom. The van der Waals surface area contributed by atoms with E-state index in [1.807, 2.05) is 0 Å². The SMILES string of the molecule is C=C(CN1CCC(CCC)C1)C(=O)O. The zero-order valence-corrected chi connectivity index (χ0v) is 8.83. The highest BCUT2D eigenvalue weighted by molar-refractivity contribution is 5.86. The second-order valence-electron chi connectivity index (χ2n) is 4.09. The molecule has 1 saturated heterocycles. The lowest BCUT2D eigenvalue weighted by Crippen LogP contribution is -2.25. The first kappa shape index (κ1) is 11.2. The van der Waals surface area contributed by atoms with Crippen LogP contribution in [0.25, 0.3) is 0 Å². The molecular weight excluding hydrogens is 178 g/mol. The number of likely N-dealkylation sites (tertiary alicyclic amines) is 1. The molecule has 0 saturated carbocycles. The molecule has 3 nitrogen and oxygen atoms in total. The van der Waals surface area contributed by atoms with Gasteiger partial charge in [0.1, 0.15) is 0 Å². The normalized spacial score (nSPS) is 22.5. The van der Waals surface area contributed by atoms with Crippen molar-refractivity contribution in [3.05, 3.63) is 12.2 Å². The number of hydrogen-bond acceptors (Lipinski definition) is 2. The van der Waals surface area contributed by atoms with E-state index in [4.69, 9.17) is 5.11 Å². The van der Waals surface area contributed by atoms with Crippen LogP contribution in [0.1, 0.15) is 26.2 Å². The fourth-order valence-electron chi connectivity index (χ4n) is 2.04. The van der Waals surface area contributed by atoms with Crippen LogP contribution in [0.15, 0.2) is 12.2 Å². The van der Waals surface area contributed by atoms with Gasteiger partial charge in [-0.2, -0.15) is 0 Å². The summed E-state index contributed by atoms with van der Waals surface area (Å²) in [6.07, 6.45) is 3.69. The van der Waals surface area contributed by atoms with E-state index in [9.17, 15) is 4.79 Å². The van der Waals surface area contributed by atoms with Crippen LogP contribution >= 0.6 is 0 Å². The first-order chi connectivity index (χ1) is 6.63. The van der Waals surface area contributed by atoms with Gasteiger partial charge in [0.25, 0.3) is 0 Å². The van der Waals surface area contributed by atoms with Gasteiger partial charge in [-0.05, 0) is 25.3 Å². The van der Waals surface area contributed by atoms with Gasteiger partial charge in [-0.1, -0.05) is 19.9 Å². The smallest absolute Gasteiger partial charge is 0.332 e. The topological polar surface area (TPSA) is 40.5 Å². The molecule has 14 heavy (non-hydrogen) atoms. The molecule has 0 aliphatic carbocycles. The van der Waals surface area contributed by atoms with Crippen LogP contribution < -0.4 is 0 Å². The van der Waals surface area contributed by atoms with Crippen molar-refractivity contribution in [2.24, 2.45) is 5.92 Å². The Hall–Kier alpha value is -0.830. The maximum atomic E-state index is 10.6. The first-order valence-corrected chi connectivity index (χ1v) is 5.27. The first-order valence-electron chi connectivity index (χ1n) is 5.27. The Morgan fingerprint density at radius 3 is 2.93 bits per heavy atom. The number of aliphatic carboxylic acids is 1. The summed E-state index contributed by atoms with van der Waals surface area (Å²) < 4.78 is 0. The van der Waals surface area contributed by atoms with Crippen molar-refractivity contribution in [1.82, 2.24) is 4.90 Å². The molecule has 1 unspecified atom stereocenters.